The first-order valence-electron chi connectivity index (χ1n) is 13.5. The van der Waals surface area contributed by atoms with Crippen LogP contribution in [0.2, 0.25) is 0 Å². The van der Waals surface area contributed by atoms with Gasteiger partial charge in [-0.2, -0.15) is 0 Å². The maximum Gasteiger partial charge on any atom is 0.530 e. The van der Waals surface area contributed by atoms with Gasteiger partial charge in [-0.05, 0) is 36.6 Å². The van der Waals surface area contributed by atoms with E-state index < -0.39 is 61.5 Å². The third kappa shape index (κ3) is 9.79. The molecule has 240 valence electrons. The molecule has 1 aromatic carbocycles. The van der Waals surface area contributed by atoms with Gasteiger partial charge in [-0.1, -0.05) is 49.8 Å². The minimum atomic E-state index is -4.39. The van der Waals surface area contributed by atoms with Crippen molar-refractivity contribution in [3.05, 3.63) is 72.9 Å². The number of benzene rings is 1. The van der Waals surface area contributed by atoms with Crippen molar-refractivity contribution in [2.24, 2.45) is 16.3 Å². The fourth-order valence-corrected chi connectivity index (χ4v) is 6.05. The molecular formula is C26H35N6O10PS. The molecule has 1 aromatic heterocycles. The van der Waals surface area contributed by atoms with E-state index in [4.69, 9.17) is 34.7 Å². The molecule has 0 saturated carbocycles. The molecule has 5 atom stereocenters. The predicted molar refractivity (Wildman–Crippen MR) is 160 cm³/mol. The monoisotopic (exact) mass is 654 g/mol. The summed E-state index contributed by atoms with van der Waals surface area (Å²) in [5.41, 5.74) is 13.7. The lowest BCUT2D eigenvalue weighted by molar-refractivity contribution is -0.138. The molecule has 1 unspecified atom stereocenters. The normalized spacial score (nSPS) is 20.3. The summed E-state index contributed by atoms with van der Waals surface area (Å²) >= 11 is 0.999. The molecule has 0 bridgehead atoms. The molecule has 1 aliphatic rings. The quantitative estimate of drug-likeness (QED) is 0.0874. The largest absolute Gasteiger partial charge is 0.530 e. The maximum absolute atomic E-state index is 13.8. The van der Waals surface area contributed by atoms with E-state index in [1.807, 2.05) is 0 Å². The number of aryl methyl sites for hydroxylation is 1. The van der Waals surface area contributed by atoms with Crippen LogP contribution in [0.25, 0.3) is 10.4 Å². The van der Waals surface area contributed by atoms with Crippen LogP contribution in [-0.2, 0) is 34.4 Å². The van der Waals surface area contributed by atoms with Gasteiger partial charge in [0.2, 0.25) is 0 Å². The second kappa shape index (κ2) is 15.0. The Bertz CT molecular complexity index is 1550. The number of ether oxygens (including phenoxy) is 1. The second-order valence-electron chi connectivity index (χ2n) is 11.0. The summed E-state index contributed by atoms with van der Waals surface area (Å²) in [6, 6.07) is 4.03. The molecule has 0 amide bonds. The lowest BCUT2D eigenvalue weighted by atomic mass is 10.00. The number of carboxylic acid groups (broad SMARTS) is 1. The predicted octanol–water partition coefficient (Wildman–Crippen LogP) is 3.29. The minimum absolute atomic E-state index is 0.0538. The molecule has 2 aromatic rings. The van der Waals surface area contributed by atoms with Crippen molar-refractivity contribution in [2.75, 3.05) is 19.0 Å². The first-order chi connectivity index (χ1) is 20.6. The Morgan fingerprint density at radius 2 is 1.98 bits per heavy atom. The van der Waals surface area contributed by atoms with E-state index in [2.05, 4.69) is 15.0 Å². The van der Waals surface area contributed by atoms with E-state index >= 15 is 0 Å². The van der Waals surface area contributed by atoms with Crippen LogP contribution in [0.3, 0.4) is 0 Å². The van der Waals surface area contributed by atoms with Crippen molar-refractivity contribution in [1.29, 1.82) is 0 Å². The van der Waals surface area contributed by atoms with Crippen molar-refractivity contribution in [2.45, 2.75) is 65.0 Å². The zero-order valence-electron chi connectivity index (χ0n) is 24.6. The van der Waals surface area contributed by atoms with E-state index in [1.54, 1.807) is 32.9 Å². The Kier molecular flexibility index (Phi) is 12.0. The van der Waals surface area contributed by atoms with Crippen LogP contribution in [0, 0.1) is 12.3 Å². The van der Waals surface area contributed by atoms with Crippen LogP contribution in [0.1, 0.15) is 44.5 Å². The number of aromatic nitrogens is 2. The highest BCUT2D eigenvalue weighted by Gasteiger charge is 2.39. The van der Waals surface area contributed by atoms with Gasteiger partial charge in [-0.3, -0.25) is 33.0 Å². The minimum Gasteiger partial charge on any atom is -0.480 e. The molecule has 18 heteroatoms. The lowest BCUT2D eigenvalue weighted by Gasteiger charge is -2.22. The highest BCUT2D eigenvalue weighted by Crippen LogP contribution is 2.50. The van der Waals surface area contributed by atoms with Crippen molar-refractivity contribution in [1.82, 2.24) is 9.55 Å². The molecule has 1 aliphatic heterocycles. The molecule has 0 aliphatic carbocycles. The number of rotatable bonds is 14. The van der Waals surface area contributed by atoms with Crippen LogP contribution in [-0.4, -0.2) is 62.9 Å². The number of carboxylic acids is 1. The standard InChI is InChI=1S/C26H35N6O10PS/c1-15-13-32(25(37)29-22(15)33)21-12-19(30-31-28)20(41-21)14-40-43(38,39-9-10-44-24(36)26(2,3)4)42-17-7-5-16(6-8-17)11-18(27)23(34)35/h5-8,13,18-21H,9-12,14,27H2,1-4H3,(H,34,35)(H,29,33,37)/t18-,19+,20-,21-,43?/m1/s1. The van der Waals surface area contributed by atoms with Gasteiger partial charge < -0.3 is 20.1 Å². The number of nitrogens with two attached hydrogens (primary N) is 1. The van der Waals surface area contributed by atoms with Crippen molar-refractivity contribution in [3.8, 4) is 5.75 Å². The number of aliphatic carboxylic acids is 1. The molecule has 3 rings (SSSR count). The van der Waals surface area contributed by atoms with Gasteiger partial charge in [-0.25, -0.2) is 9.36 Å². The smallest absolute Gasteiger partial charge is 0.480 e. The zero-order chi connectivity index (χ0) is 32.7. The number of H-pyrrole nitrogens is 1. The fraction of sp³-hybridized carbons (Fsp3) is 0.538. The highest BCUT2D eigenvalue weighted by atomic mass is 32.2. The van der Waals surface area contributed by atoms with Gasteiger partial charge in [0.25, 0.3) is 5.56 Å². The Labute approximate surface area is 256 Å². The maximum atomic E-state index is 13.8. The number of phosphoric acid groups is 1. The summed E-state index contributed by atoms with van der Waals surface area (Å²) in [6.45, 7) is 6.20. The van der Waals surface area contributed by atoms with Gasteiger partial charge in [-0.15, -0.1) is 0 Å². The molecule has 0 radical (unpaired) electrons. The number of thioether (sulfide) groups is 1. The van der Waals surface area contributed by atoms with E-state index in [0.717, 1.165) is 16.3 Å². The summed E-state index contributed by atoms with van der Waals surface area (Å²) in [4.78, 5) is 52.5. The molecule has 1 saturated heterocycles. The average molecular weight is 655 g/mol. The van der Waals surface area contributed by atoms with E-state index in [-0.39, 0.29) is 41.6 Å². The summed E-state index contributed by atoms with van der Waals surface area (Å²) in [7, 11) is -4.39. The van der Waals surface area contributed by atoms with Crippen LogP contribution in [0.5, 0.6) is 5.75 Å². The molecule has 1 fully saturated rings. The summed E-state index contributed by atoms with van der Waals surface area (Å²) in [5, 5.41) is 12.7. The summed E-state index contributed by atoms with van der Waals surface area (Å²) in [6.07, 6.45) is -0.470. The molecule has 2 heterocycles. The SMILES string of the molecule is Cc1cn([C@H]2C[C@H](N=[N+]=[N-])[C@@H](COP(=O)(OCCSC(=O)C(C)(C)C)Oc3ccc(C[C@@H](N)C(=O)O)cc3)O2)c(=O)[nH]c1=O. The second-order valence-corrected chi connectivity index (χ2v) is 13.6. The van der Waals surface area contributed by atoms with E-state index in [0.29, 0.717) is 5.56 Å². The van der Waals surface area contributed by atoms with Gasteiger partial charge in [0.15, 0.2) is 5.12 Å². The number of phosphoric ester groups is 1. The highest BCUT2D eigenvalue weighted by molar-refractivity contribution is 8.13. The molecule has 44 heavy (non-hydrogen) atoms. The number of carbonyl (C=O) groups is 2. The molecule has 16 nitrogen and oxygen atoms in total. The topological polar surface area (TPSA) is 238 Å². The van der Waals surface area contributed by atoms with E-state index in [1.165, 1.54) is 25.3 Å². The number of hydrogen-bond acceptors (Lipinski definition) is 12. The van der Waals surface area contributed by atoms with Gasteiger partial charge in [0, 0.05) is 34.3 Å². The molecule has 0 spiro atoms. The van der Waals surface area contributed by atoms with Crippen molar-refractivity contribution >= 4 is 30.7 Å². The lowest BCUT2D eigenvalue weighted by Crippen LogP contribution is -2.33. The van der Waals surface area contributed by atoms with Crippen LogP contribution in [0.4, 0.5) is 0 Å². The first-order valence-corrected chi connectivity index (χ1v) is 15.9. The van der Waals surface area contributed by atoms with Gasteiger partial charge in [0.05, 0.1) is 25.4 Å². The number of nitrogens with one attached hydrogen (secondary N) is 1. The fourth-order valence-electron chi connectivity index (χ4n) is 3.94. The van der Waals surface area contributed by atoms with Crippen LogP contribution < -0.4 is 21.5 Å². The summed E-state index contributed by atoms with van der Waals surface area (Å²) < 4.78 is 37.6. The Morgan fingerprint density at radius 3 is 2.59 bits per heavy atom. The van der Waals surface area contributed by atoms with Gasteiger partial charge >= 0.3 is 19.5 Å². The van der Waals surface area contributed by atoms with Crippen LogP contribution in [0.15, 0.2) is 45.2 Å². The van der Waals surface area contributed by atoms with Crippen LogP contribution >= 0.6 is 19.6 Å². The summed E-state index contributed by atoms with van der Waals surface area (Å²) in [5.74, 6) is -0.932. The average Bonchev–Trinajstić information content (AvgIpc) is 3.35. The van der Waals surface area contributed by atoms with Crippen molar-refractivity contribution < 1.29 is 37.6 Å². The Hall–Kier alpha value is -3.43. The Balaban J connectivity index is 1.76. The third-order valence-corrected chi connectivity index (χ3v) is 8.99. The Morgan fingerprint density at radius 1 is 1.30 bits per heavy atom. The molecular weight excluding hydrogens is 619 g/mol. The number of aromatic amines is 1. The first kappa shape index (κ1) is 35.1. The van der Waals surface area contributed by atoms with Gasteiger partial charge in [0.1, 0.15) is 18.0 Å². The number of azide groups is 1. The zero-order valence-corrected chi connectivity index (χ0v) is 26.3. The third-order valence-electron chi connectivity index (χ3n) is 6.35. The number of carbonyl (C=O) groups excluding carboxylic acids is 1. The van der Waals surface area contributed by atoms with Crippen molar-refractivity contribution in [3.63, 3.8) is 0 Å². The number of nitrogens with zero attached hydrogens (tertiary/aromatic N) is 4. The molecule has 4 N–H and O–H groups in total. The number of hydrogen-bond donors (Lipinski definition) is 3. The van der Waals surface area contributed by atoms with E-state index in [9.17, 15) is 23.7 Å².